The van der Waals surface area contributed by atoms with Crippen molar-refractivity contribution >= 4 is 5.97 Å². The Labute approximate surface area is 136 Å². The minimum absolute atomic E-state index is 0.0647. The molecule has 1 aliphatic rings. The summed E-state index contributed by atoms with van der Waals surface area (Å²) in [5.41, 5.74) is 3.61. The molecular formula is C19H21NO3. The molecule has 0 unspecified atom stereocenters. The van der Waals surface area contributed by atoms with Gasteiger partial charge in [0.1, 0.15) is 0 Å². The molecule has 120 valence electrons. The van der Waals surface area contributed by atoms with E-state index in [4.69, 9.17) is 9.84 Å². The topological polar surface area (TPSA) is 49.8 Å². The summed E-state index contributed by atoms with van der Waals surface area (Å²) in [5, 5.41) is 9.10. The van der Waals surface area contributed by atoms with Crippen molar-refractivity contribution in [2.24, 2.45) is 0 Å². The molecule has 0 aliphatic carbocycles. The van der Waals surface area contributed by atoms with Crippen LogP contribution in [0.15, 0.2) is 54.6 Å². The Morgan fingerprint density at radius 3 is 2.65 bits per heavy atom. The van der Waals surface area contributed by atoms with Gasteiger partial charge in [0.2, 0.25) is 0 Å². The lowest BCUT2D eigenvalue weighted by Crippen LogP contribution is -2.45. The number of hydrogen-bond acceptors (Lipinski definition) is 3. The lowest BCUT2D eigenvalue weighted by atomic mass is 9.98. The fraction of sp³-hybridized carbons (Fsp3) is 0.316. The smallest absolute Gasteiger partial charge is 0.305 e. The highest BCUT2D eigenvalue weighted by Crippen LogP contribution is 2.26. The van der Waals surface area contributed by atoms with E-state index in [1.807, 2.05) is 30.3 Å². The highest BCUT2D eigenvalue weighted by Gasteiger charge is 2.25. The average molecular weight is 311 g/mol. The number of hydrogen-bond donors (Lipinski definition) is 1. The number of benzene rings is 2. The van der Waals surface area contributed by atoms with E-state index < -0.39 is 5.97 Å². The Hall–Kier alpha value is -2.17. The first kappa shape index (κ1) is 15.7. The molecule has 1 heterocycles. The summed E-state index contributed by atoms with van der Waals surface area (Å²) in [4.78, 5) is 13.3. The summed E-state index contributed by atoms with van der Waals surface area (Å²) in [6.45, 7) is 2.65. The monoisotopic (exact) mass is 311 g/mol. The van der Waals surface area contributed by atoms with E-state index in [-0.39, 0.29) is 12.5 Å². The van der Waals surface area contributed by atoms with E-state index in [0.717, 1.165) is 13.1 Å². The van der Waals surface area contributed by atoms with Crippen LogP contribution in [0.2, 0.25) is 0 Å². The Balaban J connectivity index is 1.83. The molecule has 2 aromatic carbocycles. The second-order valence-electron chi connectivity index (χ2n) is 5.82. The van der Waals surface area contributed by atoms with Gasteiger partial charge in [-0.25, -0.2) is 0 Å². The van der Waals surface area contributed by atoms with Gasteiger partial charge in [-0.2, -0.15) is 0 Å². The van der Waals surface area contributed by atoms with Gasteiger partial charge in [0.15, 0.2) is 0 Å². The number of morpholine rings is 1. The van der Waals surface area contributed by atoms with Gasteiger partial charge in [-0.1, -0.05) is 54.6 Å². The summed E-state index contributed by atoms with van der Waals surface area (Å²) in [6, 6.07) is 18.5. The third-order valence-electron chi connectivity index (χ3n) is 4.24. The van der Waals surface area contributed by atoms with Gasteiger partial charge in [0, 0.05) is 19.1 Å². The maximum atomic E-state index is 11.1. The van der Waals surface area contributed by atoms with Crippen LogP contribution in [0, 0.1) is 0 Å². The molecule has 1 aliphatic heterocycles. The number of aliphatic carboxylic acids is 1. The van der Waals surface area contributed by atoms with E-state index in [0.29, 0.717) is 13.2 Å². The number of carboxylic acids is 1. The van der Waals surface area contributed by atoms with Gasteiger partial charge < -0.3 is 9.84 Å². The van der Waals surface area contributed by atoms with Crippen molar-refractivity contribution in [3.8, 4) is 11.1 Å². The number of rotatable bonds is 5. The molecule has 0 bridgehead atoms. The van der Waals surface area contributed by atoms with Gasteiger partial charge in [-0.05, 0) is 16.7 Å². The molecule has 0 spiro atoms. The minimum Gasteiger partial charge on any atom is -0.481 e. The molecule has 0 amide bonds. The fourth-order valence-electron chi connectivity index (χ4n) is 3.06. The molecule has 23 heavy (non-hydrogen) atoms. The Morgan fingerprint density at radius 1 is 1.13 bits per heavy atom. The van der Waals surface area contributed by atoms with E-state index >= 15 is 0 Å². The maximum absolute atomic E-state index is 11.1. The average Bonchev–Trinajstić information content (AvgIpc) is 2.57. The molecule has 4 nitrogen and oxygen atoms in total. The van der Waals surface area contributed by atoms with Crippen LogP contribution in [0.4, 0.5) is 0 Å². The first-order valence-corrected chi connectivity index (χ1v) is 7.91. The standard InChI is InChI=1S/C19H21NO3/c21-19(22)12-17-14-23-11-10-20(17)13-16-8-4-5-9-18(16)15-6-2-1-3-7-15/h1-9,17H,10-14H2,(H,21,22)/t17-/m1/s1. The van der Waals surface area contributed by atoms with Crippen LogP contribution in [-0.2, 0) is 16.1 Å². The van der Waals surface area contributed by atoms with Gasteiger partial charge in [0.25, 0.3) is 0 Å². The van der Waals surface area contributed by atoms with Crippen molar-refractivity contribution < 1.29 is 14.6 Å². The highest BCUT2D eigenvalue weighted by atomic mass is 16.5. The lowest BCUT2D eigenvalue weighted by molar-refractivity contribution is -0.140. The molecule has 1 fully saturated rings. The van der Waals surface area contributed by atoms with Crippen LogP contribution in [0.5, 0.6) is 0 Å². The maximum Gasteiger partial charge on any atom is 0.305 e. The molecule has 0 radical (unpaired) electrons. The van der Waals surface area contributed by atoms with Crippen LogP contribution in [0.25, 0.3) is 11.1 Å². The molecule has 1 atom stereocenters. The second kappa shape index (κ2) is 7.40. The van der Waals surface area contributed by atoms with Crippen LogP contribution in [-0.4, -0.2) is 41.8 Å². The van der Waals surface area contributed by atoms with E-state index in [1.165, 1.54) is 16.7 Å². The van der Waals surface area contributed by atoms with Crippen LogP contribution >= 0.6 is 0 Å². The van der Waals surface area contributed by atoms with Gasteiger partial charge in [-0.15, -0.1) is 0 Å². The Bertz CT molecular complexity index is 657. The molecule has 2 aromatic rings. The first-order valence-electron chi connectivity index (χ1n) is 7.91. The van der Waals surface area contributed by atoms with Crippen molar-refractivity contribution in [2.75, 3.05) is 19.8 Å². The molecule has 1 saturated heterocycles. The SMILES string of the molecule is O=C(O)C[C@@H]1COCCN1Cc1ccccc1-c1ccccc1. The van der Waals surface area contributed by atoms with E-state index in [1.54, 1.807) is 0 Å². The molecule has 0 aromatic heterocycles. The predicted molar refractivity (Wildman–Crippen MR) is 89.1 cm³/mol. The quantitative estimate of drug-likeness (QED) is 0.922. The van der Waals surface area contributed by atoms with Gasteiger partial charge in [0.05, 0.1) is 19.6 Å². The van der Waals surface area contributed by atoms with Gasteiger partial charge in [-0.3, -0.25) is 9.69 Å². The molecule has 1 N–H and O–H groups in total. The largest absolute Gasteiger partial charge is 0.481 e. The molecule has 4 heteroatoms. The molecule has 3 rings (SSSR count). The van der Waals surface area contributed by atoms with Crippen LogP contribution < -0.4 is 0 Å². The summed E-state index contributed by atoms with van der Waals surface area (Å²) in [7, 11) is 0. The van der Waals surface area contributed by atoms with Crippen molar-refractivity contribution in [3.05, 3.63) is 60.2 Å². The summed E-state index contributed by atoms with van der Waals surface area (Å²) in [6.07, 6.45) is 0.119. The summed E-state index contributed by atoms with van der Waals surface area (Å²) >= 11 is 0. The first-order chi connectivity index (χ1) is 11.2. The lowest BCUT2D eigenvalue weighted by Gasteiger charge is -2.35. The number of carbonyl (C=O) groups is 1. The van der Waals surface area contributed by atoms with Crippen LogP contribution in [0.3, 0.4) is 0 Å². The third kappa shape index (κ3) is 3.97. The number of carboxylic acid groups (broad SMARTS) is 1. The predicted octanol–water partition coefficient (Wildman–Crippen LogP) is 3.03. The van der Waals surface area contributed by atoms with Crippen molar-refractivity contribution in [1.29, 1.82) is 0 Å². The zero-order valence-corrected chi connectivity index (χ0v) is 13.0. The minimum atomic E-state index is -0.776. The van der Waals surface area contributed by atoms with Gasteiger partial charge >= 0.3 is 5.97 Å². The van der Waals surface area contributed by atoms with Crippen molar-refractivity contribution in [3.63, 3.8) is 0 Å². The summed E-state index contributed by atoms with van der Waals surface area (Å²) in [5.74, 6) is -0.776. The van der Waals surface area contributed by atoms with E-state index in [9.17, 15) is 4.79 Å². The normalized spacial score (nSPS) is 18.7. The third-order valence-corrected chi connectivity index (χ3v) is 4.24. The summed E-state index contributed by atoms with van der Waals surface area (Å²) < 4.78 is 5.46. The molecular weight excluding hydrogens is 290 g/mol. The van der Waals surface area contributed by atoms with Crippen LogP contribution in [0.1, 0.15) is 12.0 Å². The van der Waals surface area contributed by atoms with E-state index in [2.05, 4.69) is 29.2 Å². The zero-order chi connectivity index (χ0) is 16.1. The second-order valence-corrected chi connectivity index (χ2v) is 5.82. The Kier molecular flexibility index (Phi) is 5.05. The van der Waals surface area contributed by atoms with Crippen molar-refractivity contribution in [1.82, 2.24) is 4.90 Å². The number of ether oxygens (including phenoxy) is 1. The highest BCUT2D eigenvalue weighted by molar-refractivity contribution is 5.68. The fourth-order valence-corrected chi connectivity index (χ4v) is 3.06. The molecule has 0 saturated carbocycles. The Morgan fingerprint density at radius 2 is 1.87 bits per heavy atom. The van der Waals surface area contributed by atoms with Crippen molar-refractivity contribution in [2.45, 2.75) is 19.0 Å². The zero-order valence-electron chi connectivity index (χ0n) is 13.0. The number of nitrogens with zero attached hydrogens (tertiary/aromatic N) is 1.